The summed E-state index contributed by atoms with van der Waals surface area (Å²) in [5.74, 6) is 0. The lowest BCUT2D eigenvalue weighted by atomic mass is 9.96. The third-order valence-corrected chi connectivity index (χ3v) is 2.76. The fraction of sp³-hybridized carbons (Fsp3) is 0.909. The zero-order valence-corrected chi connectivity index (χ0v) is 9.14. The summed E-state index contributed by atoms with van der Waals surface area (Å²) < 4.78 is 0. The second kappa shape index (κ2) is 6.68. The second-order valence-electron chi connectivity index (χ2n) is 4.09. The number of unbranched alkanes of at least 4 members (excludes halogenated alkanes) is 1. The Morgan fingerprint density at radius 2 is 2.07 bits per heavy atom. The van der Waals surface area contributed by atoms with E-state index in [9.17, 15) is 4.79 Å². The molecule has 0 aromatic rings. The summed E-state index contributed by atoms with van der Waals surface area (Å²) in [7, 11) is 0. The first-order chi connectivity index (χ1) is 6.83. The number of amides is 2. The monoisotopic (exact) mass is 202 g/mol. The molecule has 1 rings (SSSR count). The van der Waals surface area contributed by atoms with Gasteiger partial charge in [0, 0.05) is 15.4 Å². The van der Waals surface area contributed by atoms with Gasteiger partial charge >= 0.3 is 6.03 Å². The summed E-state index contributed by atoms with van der Waals surface area (Å²) in [6, 6.07) is 0.440. The molecular formula is C11H26N2O. The normalized spacial score (nSPS) is 17.8. The van der Waals surface area contributed by atoms with E-state index >= 15 is 0 Å². The summed E-state index contributed by atoms with van der Waals surface area (Å²) in [6.45, 7) is 2.93. The van der Waals surface area contributed by atoms with Crippen LogP contribution in [0.15, 0.2) is 0 Å². The van der Waals surface area contributed by atoms with Crippen LogP contribution in [-0.4, -0.2) is 18.6 Å². The van der Waals surface area contributed by atoms with Crippen LogP contribution in [0.4, 0.5) is 4.79 Å². The van der Waals surface area contributed by atoms with Crippen LogP contribution in [0.1, 0.15) is 54.7 Å². The Kier molecular flexibility index (Phi) is 5.42. The number of hydrogen-bond donors (Lipinski definition) is 2. The number of nitrogens with one attached hydrogen (secondary N) is 2. The van der Waals surface area contributed by atoms with Crippen molar-refractivity contribution >= 4 is 6.03 Å². The minimum absolute atomic E-state index is 0. The standard InChI is InChI=1S/C11H22N2O.2H2/c1-2-3-9-12-11(14)13-10-7-5-4-6-8-10;;/h10H,2-9H2,1H3,(H2,12,13,14);2*1H. The summed E-state index contributed by atoms with van der Waals surface area (Å²) >= 11 is 0. The molecule has 0 atom stereocenters. The second-order valence-corrected chi connectivity index (χ2v) is 4.09. The van der Waals surface area contributed by atoms with E-state index in [0.717, 1.165) is 32.2 Å². The highest BCUT2D eigenvalue weighted by Crippen LogP contribution is 2.16. The van der Waals surface area contributed by atoms with Crippen LogP contribution in [-0.2, 0) is 0 Å². The lowest BCUT2D eigenvalue weighted by molar-refractivity contribution is 0.232. The molecule has 0 aliphatic heterocycles. The van der Waals surface area contributed by atoms with Gasteiger partial charge in [-0.3, -0.25) is 0 Å². The zero-order valence-electron chi connectivity index (χ0n) is 9.14. The third kappa shape index (κ3) is 4.49. The highest BCUT2D eigenvalue weighted by molar-refractivity contribution is 5.74. The van der Waals surface area contributed by atoms with Gasteiger partial charge in [-0.1, -0.05) is 32.6 Å². The lowest BCUT2D eigenvalue weighted by Crippen LogP contribution is -2.43. The number of hydrogen-bond acceptors (Lipinski definition) is 1. The van der Waals surface area contributed by atoms with Crippen LogP contribution in [0.3, 0.4) is 0 Å². The maximum atomic E-state index is 11.4. The minimum Gasteiger partial charge on any atom is -0.338 e. The van der Waals surface area contributed by atoms with E-state index in [0.29, 0.717) is 6.04 Å². The van der Waals surface area contributed by atoms with Gasteiger partial charge in [0.25, 0.3) is 0 Å². The Bertz CT molecular complexity index is 173. The molecule has 0 bridgehead atoms. The molecule has 14 heavy (non-hydrogen) atoms. The van der Waals surface area contributed by atoms with E-state index in [1.807, 2.05) is 0 Å². The smallest absolute Gasteiger partial charge is 0.315 e. The van der Waals surface area contributed by atoms with Crippen molar-refractivity contribution in [1.82, 2.24) is 10.6 Å². The van der Waals surface area contributed by atoms with Gasteiger partial charge in [0.1, 0.15) is 0 Å². The largest absolute Gasteiger partial charge is 0.338 e. The number of rotatable bonds is 4. The van der Waals surface area contributed by atoms with Crippen molar-refractivity contribution in [3.8, 4) is 0 Å². The van der Waals surface area contributed by atoms with Gasteiger partial charge in [0.2, 0.25) is 0 Å². The first-order valence-electron chi connectivity index (χ1n) is 5.87. The highest BCUT2D eigenvalue weighted by Gasteiger charge is 2.14. The molecule has 86 valence electrons. The molecule has 0 aromatic heterocycles. The van der Waals surface area contributed by atoms with E-state index in [-0.39, 0.29) is 8.88 Å². The third-order valence-electron chi connectivity index (χ3n) is 2.76. The quantitative estimate of drug-likeness (QED) is 0.676. The molecule has 1 aliphatic carbocycles. The van der Waals surface area contributed by atoms with Crippen LogP contribution >= 0.6 is 0 Å². The molecule has 3 nitrogen and oxygen atoms in total. The van der Waals surface area contributed by atoms with Crippen LogP contribution in [0.25, 0.3) is 0 Å². The van der Waals surface area contributed by atoms with Crippen LogP contribution in [0.5, 0.6) is 0 Å². The number of carbonyl (C=O) groups excluding carboxylic acids is 1. The summed E-state index contributed by atoms with van der Waals surface area (Å²) in [5.41, 5.74) is 0. The average Bonchev–Trinajstić information content (AvgIpc) is 2.20. The molecule has 0 unspecified atom stereocenters. The average molecular weight is 202 g/mol. The molecule has 1 fully saturated rings. The maximum absolute atomic E-state index is 11.4. The highest BCUT2D eigenvalue weighted by atomic mass is 16.2. The van der Waals surface area contributed by atoms with Gasteiger partial charge < -0.3 is 10.6 Å². The minimum atomic E-state index is 0. The summed E-state index contributed by atoms with van der Waals surface area (Å²) in [5, 5.41) is 5.91. The first-order valence-corrected chi connectivity index (χ1v) is 5.87. The molecule has 2 amide bonds. The van der Waals surface area contributed by atoms with Gasteiger partial charge in [-0.2, -0.15) is 0 Å². The van der Waals surface area contributed by atoms with Gasteiger partial charge in [-0.25, -0.2) is 4.79 Å². The predicted molar refractivity (Wildman–Crippen MR) is 62.5 cm³/mol. The van der Waals surface area contributed by atoms with Crippen LogP contribution < -0.4 is 10.6 Å². The van der Waals surface area contributed by atoms with Crippen molar-refractivity contribution in [2.45, 2.75) is 57.9 Å². The zero-order chi connectivity index (χ0) is 10.2. The van der Waals surface area contributed by atoms with E-state index in [1.165, 1.54) is 19.3 Å². The Morgan fingerprint density at radius 3 is 2.71 bits per heavy atom. The molecule has 0 saturated heterocycles. The Balaban J connectivity index is 0. The van der Waals surface area contributed by atoms with E-state index in [4.69, 9.17) is 0 Å². The van der Waals surface area contributed by atoms with Crippen molar-refractivity contribution in [2.24, 2.45) is 0 Å². The first kappa shape index (κ1) is 11.3. The Hall–Kier alpha value is -0.730. The topological polar surface area (TPSA) is 41.1 Å². The van der Waals surface area contributed by atoms with Crippen molar-refractivity contribution in [3.05, 3.63) is 0 Å². The SMILES string of the molecule is CCCCNC(=O)NC1CCCCC1.[HH].[HH]. The lowest BCUT2D eigenvalue weighted by Gasteiger charge is -2.22. The van der Waals surface area contributed by atoms with E-state index < -0.39 is 0 Å². The molecule has 0 heterocycles. The number of carbonyl (C=O) groups is 1. The fourth-order valence-electron chi connectivity index (χ4n) is 1.86. The predicted octanol–water partition coefficient (Wildman–Crippen LogP) is 2.91. The summed E-state index contributed by atoms with van der Waals surface area (Å²) in [4.78, 5) is 11.4. The number of urea groups is 1. The van der Waals surface area contributed by atoms with Gasteiger partial charge in [0.15, 0.2) is 0 Å². The van der Waals surface area contributed by atoms with Crippen molar-refractivity contribution in [3.63, 3.8) is 0 Å². The molecule has 0 radical (unpaired) electrons. The summed E-state index contributed by atoms with van der Waals surface area (Å²) in [6.07, 6.45) is 8.36. The van der Waals surface area contributed by atoms with Gasteiger partial charge in [-0.15, -0.1) is 0 Å². The van der Waals surface area contributed by atoms with Crippen LogP contribution in [0.2, 0.25) is 0 Å². The van der Waals surface area contributed by atoms with Crippen molar-refractivity contribution in [1.29, 1.82) is 0 Å². The fourth-order valence-corrected chi connectivity index (χ4v) is 1.86. The van der Waals surface area contributed by atoms with Crippen molar-refractivity contribution < 1.29 is 7.65 Å². The molecule has 0 spiro atoms. The molecular weight excluding hydrogens is 176 g/mol. The van der Waals surface area contributed by atoms with E-state index in [1.54, 1.807) is 0 Å². The molecule has 3 heteroatoms. The molecule has 0 aromatic carbocycles. The molecule has 1 aliphatic rings. The van der Waals surface area contributed by atoms with Crippen LogP contribution in [0, 0.1) is 0 Å². The van der Waals surface area contributed by atoms with Gasteiger partial charge in [-0.05, 0) is 19.3 Å². The van der Waals surface area contributed by atoms with Gasteiger partial charge in [0.05, 0.1) is 0 Å². The van der Waals surface area contributed by atoms with Crippen molar-refractivity contribution in [2.75, 3.05) is 6.54 Å². The Morgan fingerprint density at radius 1 is 1.36 bits per heavy atom. The molecule has 1 saturated carbocycles. The Labute approximate surface area is 89.6 Å². The molecule has 2 N–H and O–H groups in total. The maximum Gasteiger partial charge on any atom is 0.315 e. The van der Waals surface area contributed by atoms with E-state index in [2.05, 4.69) is 17.6 Å².